The highest BCUT2D eigenvalue weighted by Crippen LogP contribution is 2.33. The van der Waals surface area contributed by atoms with Crippen LogP contribution in [-0.4, -0.2) is 45.4 Å². The molecule has 0 aliphatic heterocycles. The maximum absolute atomic E-state index is 4.99. The van der Waals surface area contributed by atoms with Gasteiger partial charge in [-0.3, -0.25) is 0 Å². The Morgan fingerprint density at radius 3 is 2.41 bits per heavy atom. The highest BCUT2D eigenvalue weighted by Gasteiger charge is 2.21. The molecule has 5 rings (SSSR count). The molecule has 0 unspecified atom stereocenters. The Morgan fingerprint density at radius 2 is 1.76 bits per heavy atom. The summed E-state index contributed by atoms with van der Waals surface area (Å²) in [5.74, 6) is 1.97. The third kappa shape index (κ3) is 4.79. The van der Waals surface area contributed by atoms with E-state index in [4.69, 9.17) is 14.6 Å². The van der Waals surface area contributed by atoms with Crippen molar-refractivity contribution in [2.45, 2.75) is 40.7 Å². The first kappa shape index (κ1) is 24.5. The Kier molecular flexibility index (Phi) is 6.65. The molecule has 0 bridgehead atoms. The van der Waals surface area contributed by atoms with E-state index in [9.17, 15) is 0 Å². The Morgan fingerprint density at radius 1 is 0.973 bits per heavy atom. The average Bonchev–Trinajstić information content (AvgIpc) is 3.52. The molecule has 0 aliphatic rings. The summed E-state index contributed by atoms with van der Waals surface area (Å²) < 4.78 is 6.99. The summed E-state index contributed by atoms with van der Waals surface area (Å²) >= 11 is 0. The van der Waals surface area contributed by atoms with Crippen LogP contribution < -0.4 is 9.80 Å². The smallest absolute Gasteiger partial charge is 0.165 e. The first-order chi connectivity index (χ1) is 17.9. The summed E-state index contributed by atoms with van der Waals surface area (Å²) in [4.78, 5) is 14.0. The van der Waals surface area contributed by atoms with Gasteiger partial charge in [0.25, 0.3) is 0 Å². The van der Waals surface area contributed by atoms with Crippen molar-refractivity contribution < 1.29 is 4.52 Å². The van der Waals surface area contributed by atoms with Gasteiger partial charge in [-0.15, -0.1) is 0 Å². The fourth-order valence-corrected chi connectivity index (χ4v) is 4.73. The summed E-state index contributed by atoms with van der Waals surface area (Å²) in [6.45, 7) is 10.1. The van der Waals surface area contributed by atoms with Gasteiger partial charge in [0.05, 0.1) is 17.5 Å². The SMILES string of the molecule is CCCN(Cc1ccc(-c2cnoc2)cc1)c1cc(C)nc2c(-c3cnc(N(C)C)cc3C)c(C)nn12. The summed E-state index contributed by atoms with van der Waals surface area (Å²) in [7, 11) is 4.01. The molecule has 5 aromatic rings. The first-order valence-corrected chi connectivity index (χ1v) is 12.6. The Bertz CT molecular complexity index is 1520. The van der Waals surface area contributed by atoms with Gasteiger partial charge >= 0.3 is 0 Å². The van der Waals surface area contributed by atoms with Gasteiger partial charge in [-0.25, -0.2) is 9.97 Å². The Labute approximate surface area is 217 Å². The normalized spacial score (nSPS) is 11.3. The lowest BCUT2D eigenvalue weighted by Crippen LogP contribution is -2.26. The van der Waals surface area contributed by atoms with Gasteiger partial charge in [0.1, 0.15) is 17.9 Å². The zero-order chi connectivity index (χ0) is 26.1. The van der Waals surface area contributed by atoms with Crippen molar-refractivity contribution in [3.05, 3.63) is 77.6 Å². The Hall–Kier alpha value is -4.20. The number of aromatic nitrogens is 5. The topological polar surface area (TPSA) is 75.6 Å². The highest BCUT2D eigenvalue weighted by molar-refractivity contribution is 5.83. The number of pyridine rings is 1. The molecule has 1 aromatic carbocycles. The molecule has 8 nitrogen and oxygen atoms in total. The third-order valence-electron chi connectivity index (χ3n) is 6.61. The zero-order valence-electron chi connectivity index (χ0n) is 22.4. The first-order valence-electron chi connectivity index (χ1n) is 12.6. The summed E-state index contributed by atoms with van der Waals surface area (Å²) in [5, 5.41) is 8.79. The number of aryl methyl sites for hydroxylation is 3. The lowest BCUT2D eigenvalue weighted by Gasteiger charge is -2.25. The van der Waals surface area contributed by atoms with Crippen LogP contribution in [0.1, 0.15) is 35.9 Å². The van der Waals surface area contributed by atoms with E-state index in [-0.39, 0.29) is 0 Å². The number of hydrogen-bond acceptors (Lipinski definition) is 7. The van der Waals surface area contributed by atoms with E-state index in [2.05, 4.69) is 72.2 Å². The standard InChI is InChI=1S/C29H33N7O/c1-7-12-35(17-22-8-10-23(11-9-22)24-15-31-37-18-24)27-14-20(3)32-29-28(21(4)33-36(27)29)25-16-30-26(34(5)6)13-19(25)2/h8-11,13-16,18H,7,12,17H2,1-6H3. The minimum absolute atomic E-state index is 0.767. The van der Waals surface area contributed by atoms with Gasteiger partial charge in [0.15, 0.2) is 5.65 Å². The van der Waals surface area contributed by atoms with E-state index < -0.39 is 0 Å². The summed E-state index contributed by atoms with van der Waals surface area (Å²) in [6, 6.07) is 12.8. The second-order valence-electron chi connectivity index (χ2n) is 9.73. The van der Waals surface area contributed by atoms with Crippen molar-refractivity contribution in [2.75, 3.05) is 30.4 Å². The molecule has 0 N–H and O–H groups in total. The second kappa shape index (κ2) is 10.0. The number of fused-ring (bicyclic) bond motifs is 1. The van der Waals surface area contributed by atoms with E-state index in [0.29, 0.717) is 0 Å². The van der Waals surface area contributed by atoms with Gasteiger partial charge in [-0.05, 0) is 49.9 Å². The maximum Gasteiger partial charge on any atom is 0.165 e. The van der Waals surface area contributed by atoms with Gasteiger partial charge in [-0.1, -0.05) is 36.3 Å². The fourth-order valence-electron chi connectivity index (χ4n) is 4.73. The molecular formula is C29H33N7O. The molecule has 0 amide bonds. The van der Waals surface area contributed by atoms with Crippen LogP contribution in [0.15, 0.2) is 59.6 Å². The van der Waals surface area contributed by atoms with Crippen molar-refractivity contribution in [3.8, 4) is 22.3 Å². The predicted molar refractivity (Wildman–Crippen MR) is 148 cm³/mol. The maximum atomic E-state index is 4.99. The van der Waals surface area contributed by atoms with Gasteiger partial charge in [-0.2, -0.15) is 9.61 Å². The van der Waals surface area contributed by atoms with Crippen molar-refractivity contribution in [3.63, 3.8) is 0 Å². The average molecular weight is 496 g/mol. The molecule has 0 spiro atoms. The van der Waals surface area contributed by atoms with E-state index in [1.165, 1.54) is 5.56 Å². The molecule has 190 valence electrons. The quantitative estimate of drug-likeness (QED) is 0.267. The molecular weight excluding hydrogens is 462 g/mol. The molecule has 4 heterocycles. The van der Waals surface area contributed by atoms with E-state index >= 15 is 0 Å². The van der Waals surface area contributed by atoms with Gasteiger partial charge < -0.3 is 14.3 Å². The van der Waals surface area contributed by atoms with Crippen LogP contribution in [0.5, 0.6) is 0 Å². The van der Waals surface area contributed by atoms with E-state index in [0.717, 1.165) is 76.0 Å². The number of nitrogens with zero attached hydrogens (tertiary/aromatic N) is 7. The van der Waals surface area contributed by atoms with Crippen LogP contribution in [0.3, 0.4) is 0 Å². The van der Waals surface area contributed by atoms with Crippen LogP contribution in [0.4, 0.5) is 11.6 Å². The highest BCUT2D eigenvalue weighted by atomic mass is 16.5. The van der Waals surface area contributed by atoms with Crippen LogP contribution in [0.25, 0.3) is 27.9 Å². The molecule has 0 fully saturated rings. The van der Waals surface area contributed by atoms with E-state index in [1.54, 1.807) is 12.5 Å². The van der Waals surface area contributed by atoms with Crippen LogP contribution in [-0.2, 0) is 6.54 Å². The molecule has 0 aliphatic carbocycles. The fraction of sp³-hybridized carbons (Fsp3) is 0.310. The number of anilines is 2. The Balaban J connectivity index is 1.55. The third-order valence-corrected chi connectivity index (χ3v) is 6.61. The number of hydrogen-bond donors (Lipinski definition) is 0. The van der Waals surface area contributed by atoms with Crippen molar-refractivity contribution in [1.82, 2.24) is 24.7 Å². The molecule has 8 heteroatoms. The van der Waals surface area contributed by atoms with Crippen LogP contribution in [0, 0.1) is 20.8 Å². The molecule has 37 heavy (non-hydrogen) atoms. The molecule has 0 atom stereocenters. The van der Waals surface area contributed by atoms with Gasteiger partial charge in [0, 0.05) is 56.3 Å². The lowest BCUT2D eigenvalue weighted by molar-refractivity contribution is 0.420. The summed E-state index contributed by atoms with van der Waals surface area (Å²) in [6.07, 6.45) is 6.36. The van der Waals surface area contributed by atoms with Gasteiger partial charge in [0.2, 0.25) is 0 Å². The van der Waals surface area contributed by atoms with Crippen molar-refractivity contribution in [1.29, 1.82) is 0 Å². The zero-order valence-corrected chi connectivity index (χ0v) is 22.4. The minimum Gasteiger partial charge on any atom is -0.364 e. The predicted octanol–water partition coefficient (Wildman–Crippen LogP) is 5.85. The lowest BCUT2D eigenvalue weighted by atomic mass is 10.0. The molecule has 0 radical (unpaired) electrons. The van der Waals surface area contributed by atoms with Crippen LogP contribution >= 0.6 is 0 Å². The molecule has 0 saturated heterocycles. The van der Waals surface area contributed by atoms with E-state index in [1.807, 2.05) is 36.6 Å². The largest absolute Gasteiger partial charge is 0.364 e. The monoisotopic (exact) mass is 495 g/mol. The number of rotatable bonds is 8. The molecule has 4 aromatic heterocycles. The van der Waals surface area contributed by atoms with Crippen LogP contribution in [0.2, 0.25) is 0 Å². The molecule has 0 saturated carbocycles. The van der Waals surface area contributed by atoms with Crippen molar-refractivity contribution in [2.24, 2.45) is 0 Å². The minimum atomic E-state index is 0.767. The summed E-state index contributed by atoms with van der Waals surface area (Å²) in [5.41, 5.74) is 9.30. The number of benzene rings is 1. The van der Waals surface area contributed by atoms with Crippen molar-refractivity contribution >= 4 is 17.3 Å². The second-order valence-corrected chi connectivity index (χ2v) is 9.73.